The maximum atomic E-state index is 12.4. The van der Waals surface area contributed by atoms with Crippen LogP contribution in [0.1, 0.15) is 28.8 Å². The number of rotatable bonds is 7. The zero-order valence-electron chi connectivity index (χ0n) is 15.4. The van der Waals surface area contributed by atoms with Crippen LogP contribution in [0.25, 0.3) is 0 Å². The van der Waals surface area contributed by atoms with E-state index < -0.39 is 0 Å². The number of carbonyl (C=O) groups excluding carboxylic acids is 2. The van der Waals surface area contributed by atoms with E-state index in [9.17, 15) is 9.59 Å². The maximum absolute atomic E-state index is 12.4. The molecule has 0 spiro atoms. The number of piperazine rings is 1. The normalized spacial score (nSPS) is 14.9. The van der Waals surface area contributed by atoms with Gasteiger partial charge >= 0.3 is 0 Å². The highest BCUT2D eigenvalue weighted by molar-refractivity contribution is 6.30. The lowest BCUT2D eigenvalue weighted by atomic mass is 10.1. The number of amides is 1. The summed E-state index contributed by atoms with van der Waals surface area (Å²) in [7, 11) is 0. The van der Waals surface area contributed by atoms with Crippen LogP contribution in [0.2, 0.25) is 5.02 Å². The fraction of sp³-hybridized carbons (Fsp3) is 0.364. The van der Waals surface area contributed by atoms with Gasteiger partial charge in [-0.2, -0.15) is 0 Å². The van der Waals surface area contributed by atoms with Crippen LogP contribution in [-0.4, -0.2) is 54.2 Å². The number of Topliss-reactive ketones (excluding diaryl/α,β-unsaturated/α-hetero) is 1. The highest BCUT2D eigenvalue weighted by Crippen LogP contribution is 2.13. The van der Waals surface area contributed by atoms with E-state index in [1.807, 2.05) is 11.0 Å². The molecule has 3 rings (SSSR count). The van der Waals surface area contributed by atoms with Crippen molar-refractivity contribution >= 4 is 23.3 Å². The van der Waals surface area contributed by atoms with Crippen molar-refractivity contribution in [3.63, 3.8) is 0 Å². The minimum atomic E-state index is -0.0125. The third-order valence-electron chi connectivity index (χ3n) is 5.02. The SMILES string of the molecule is O=C(CCC(=O)N1CCN(CCc2ccccc2)CC1)c1ccc(Cl)cc1. The Kier molecular flexibility index (Phi) is 7.02. The van der Waals surface area contributed by atoms with Gasteiger partial charge in [0.05, 0.1) is 0 Å². The van der Waals surface area contributed by atoms with Gasteiger partial charge in [0.25, 0.3) is 0 Å². The maximum Gasteiger partial charge on any atom is 0.223 e. The molecule has 0 bridgehead atoms. The van der Waals surface area contributed by atoms with Crippen molar-refractivity contribution in [1.29, 1.82) is 0 Å². The fourth-order valence-corrected chi connectivity index (χ4v) is 3.44. The first-order valence-corrected chi connectivity index (χ1v) is 9.82. The van der Waals surface area contributed by atoms with Gasteiger partial charge in [-0.05, 0) is 36.2 Å². The predicted octanol–water partition coefficient (Wildman–Crippen LogP) is 3.69. The van der Waals surface area contributed by atoms with Gasteiger partial charge in [-0.3, -0.25) is 14.5 Å². The Labute approximate surface area is 165 Å². The molecule has 0 aliphatic carbocycles. The number of hydrogen-bond donors (Lipinski definition) is 0. The van der Waals surface area contributed by atoms with Crippen molar-refractivity contribution in [2.24, 2.45) is 0 Å². The standard InChI is InChI=1S/C22H25ClN2O2/c23-20-8-6-19(7-9-20)21(26)10-11-22(27)25-16-14-24(15-17-25)13-12-18-4-2-1-3-5-18/h1-9H,10-17H2. The first-order valence-electron chi connectivity index (χ1n) is 9.44. The molecule has 1 heterocycles. The van der Waals surface area contributed by atoms with E-state index in [0.29, 0.717) is 10.6 Å². The first kappa shape index (κ1) is 19.6. The molecule has 2 aromatic rings. The van der Waals surface area contributed by atoms with Crippen LogP contribution < -0.4 is 0 Å². The third-order valence-corrected chi connectivity index (χ3v) is 5.27. The molecular weight excluding hydrogens is 360 g/mol. The van der Waals surface area contributed by atoms with E-state index >= 15 is 0 Å². The molecule has 4 nitrogen and oxygen atoms in total. The number of halogens is 1. The number of ketones is 1. The van der Waals surface area contributed by atoms with Crippen molar-refractivity contribution in [1.82, 2.24) is 9.80 Å². The van der Waals surface area contributed by atoms with Crippen LogP contribution in [0.4, 0.5) is 0 Å². The quantitative estimate of drug-likeness (QED) is 0.683. The molecule has 5 heteroatoms. The average molecular weight is 385 g/mol. The second-order valence-corrected chi connectivity index (χ2v) is 7.32. The van der Waals surface area contributed by atoms with Crippen molar-refractivity contribution in [2.75, 3.05) is 32.7 Å². The molecule has 0 radical (unpaired) electrons. The molecule has 1 fully saturated rings. The lowest BCUT2D eigenvalue weighted by molar-refractivity contribution is -0.132. The summed E-state index contributed by atoms with van der Waals surface area (Å²) < 4.78 is 0. The van der Waals surface area contributed by atoms with Crippen molar-refractivity contribution < 1.29 is 9.59 Å². The second-order valence-electron chi connectivity index (χ2n) is 6.89. The zero-order valence-corrected chi connectivity index (χ0v) is 16.2. The third kappa shape index (κ3) is 5.91. The molecular formula is C22H25ClN2O2. The summed E-state index contributed by atoms with van der Waals surface area (Å²) in [5.41, 5.74) is 1.95. The molecule has 0 N–H and O–H groups in total. The Morgan fingerprint density at radius 2 is 1.52 bits per heavy atom. The van der Waals surface area contributed by atoms with Crippen LogP contribution in [-0.2, 0) is 11.2 Å². The highest BCUT2D eigenvalue weighted by Gasteiger charge is 2.21. The van der Waals surface area contributed by atoms with Crippen LogP contribution in [0, 0.1) is 0 Å². The Morgan fingerprint density at radius 1 is 0.852 bits per heavy atom. The Balaban J connectivity index is 1.38. The number of benzene rings is 2. The summed E-state index contributed by atoms with van der Waals surface area (Å²) in [6, 6.07) is 17.3. The first-order chi connectivity index (χ1) is 13.1. The van der Waals surface area contributed by atoms with Gasteiger partial charge in [0.1, 0.15) is 0 Å². The number of carbonyl (C=O) groups is 2. The largest absolute Gasteiger partial charge is 0.340 e. The average Bonchev–Trinajstić information content (AvgIpc) is 2.72. The summed E-state index contributed by atoms with van der Waals surface area (Å²) in [4.78, 5) is 28.9. The van der Waals surface area contributed by atoms with Gasteiger partial charge in [0.2, 0.25) is 5.91 Å². The molecule has 2 aromatic carbocycles. The second kappa shape index (κ2) is 9.67. The van der Waals surface area contributed by atoms with Gasteiger partial charge in [-0.15, -0.1) is 0 Å². The molecule has 0 saturated carbocycles. The van der Waals surface area contributed by atoms with E-state index in [1.54, 1.807) is 24.3 Å². The lowest BCUT2D eigenvalue weighted by Gasteiger charge is -2.34. The van der Waals surface area contributed by atoms with E-state index in [1.165, 1.54) is 5.56 Å². The van der Waals surface area contributed by atoms with Gasteiger partial charge in [0, 0.05) is 56.2 Å². The van der Waals surface area contributed by atoms with Gasteiger partial charge < -0.3 is 4.90 Å². The highest BCUT2D eigenvalue weighted by atomic mass is 35.5. The molecule has 27 heavy (non-hydrogen) atoms. The fourth-order valence-electron chi connectivity index (χ4n) is 3.31. The van der Waals surface area contributed by atoms with E-state index in [-0.39, 0.29) is 24.5 Å². The summed E-state index contributed by atoms with van der Waals surface area (Å²) >= 11 is 5.84. The molecule has 1 aliphatic heterocycles. The molecule has 0 unspecified atom stereocenters. The monoisotopic (exact) mass is 384 g/mol. The molecule has 0 atom stereocenters. The van der Waals surface area contributed by atoms with E-state index in [2.05, 4.69) is 29.2 Å². The van der Waals surface area contributed by atoms with Gasteiger partial charge in [-0.25, -0.2) is 0 Å². The predicted molar refractivity (Wildman–Crippen MR) is 108 cm³/mol. The minimum absolute atomic E-state index is 0.0125. The van der Waals surface area contributed by atoms with Crippen LogP contribution in [0.3, 0.4) is 0 Å². The molecule has 142 valence electrons. The number of nitrogens with zero attached hydrogens (tertiary/aromatic N) is 2. The molecule has 1 saturated heterocycles. The van der Waals surface area contributed by atoms with Gasteiger partial charge in [-0.1, -0.05) is 41.9 Å². The zero-order chi connectivity index (χ0) is 19.1. The summed E-state index contributed by atoms with van der Waals surface area (Å²) in [5, 5.41) is 0.604. The van der Waals surface area contributed by atoms with Crippen LogP contribution in [0.15, 0.2) is 54.6 Å². The Hall–Kier alpha value is -2.17. The molecule has 0 aromatic heterocycles. The van der Waals surface area contributed by atoms with Crippen LogP contribution in [0.5, 0.6) is 0 Å². The Bertz CT molecular complexity index is 754. The topological polar surface area (TPSA) is 40.6 Å². The smallest absolute Gasteiger partial charge is 0.223 e. The molecule has 1 amide bonds. The van der Waals surface area contributed by atoms with Crippen LogP contribution >= 0.6 is 11.6 Å². The molecule has 1 aliphatic rings. The summed E-state index contributed by atoms with van der Waals surface area (Å²) in [6.45, 7) is 4.28. The number of hydrogen-bond acceptors (Lipinski definition) is 3. The summed E-state index contributed by atoms with van der Waals surface area (Å²) in [5.74, 6) is 0.0570. The van der Waals surface area contributed by atoms with E-state index in [4.69, 9.17) is 11.6 Å². The van der Waals surface area contributed by atoms with Crippen molar-refractivity contribution in [3.05, 3.63) is 70.7 Å². The Morgan fingerprint density at radius 3 is 2.19 bits per heavy atom. The minimum Gasteiger partial charge on any atom is -0.340 e. The lowest BCUT2D eigenvalue weighted by Crippen LogP contribution is -2.49. The van der Waals surface area contributed by atoms with E-state index in [0.717, 1.165) is 39.1 Å². The van der Waals surface area contributed by atoms with Gasteiger partial charge in [0.15, 0.2) is 5.78 Å². The van der Waals surface area contributed by atoms with Crippen molar-refractivity contribution in [2.45, 2.75) is 19.3 Å². The van der Waals surface area contributed by atoms with Crippen molar-refractivity contribution in [3.8, 4) is 0 Å². The summed E-state index contributed by atoms with van der Waals surface area (Å²) in [6.07, 6.45) is 1.55.